The van der Waals surface area contributed by atoms with Crippen molar-refractivity contribution in [2.24, 2.45) is 0 Å². The SMILES string of the molecule is CCCC(=S)NC[C@H]1CN(c2ccc(N3CCSCC3)c(F)c2)C(=O)O1. The number of cyclic esters (lactones) is 1. The summed E-state index contributed by atoms with van der Waals surface area (Å²) in [7, 11) is 0. The molecular weight excluding hydrogens is 373 g/mol. The van der Waals surface area contributed by atoms with Crippen LogP contribution >= 0.6 is 24.0 Å². The van der Waals surface area contributed by atoms with Gasteiger partial charge >= 0.3 is 6.09 Å². The molecule has 0 aliphatic carbocycles. The third kappa shape index (κ3) is 4.59. The van der Waals surface area contributed by atoms with Crippen molar-refractivity contribution < 1.29 is 13.9 Å². The number of thioether (sulfide) groups is 1. The fraction of sp³-hybridized carbons (Fsp3) is 0.556. The van der Waals surface area contributed by atoms with Gasteiger partial charge in [0.05, 0.1) is 29.5 Å². The van der Waals surface area contributed by atoms with Crippen molar-refractivity contribution >= 4 is 46.4 Å². The van der Waals surface area contributed by atoms with E-state index in [1.54, 1.807) is 12.1 Å². The van der Waals surface area contributed by atoms with Crippen LogP contribution in [0.2, 0.25) is 0 Å². The molecule has 1 N–H and O–H groups in total. The highest BCUT2D eigenvalue weighted by molar-refractivity contribution is 7.99. The molecule has 0 spiro atoms. The average Bonchev–Trinajstić information content (AvgIpc) is 3.02. The standard InChI is InChI=1S/C18H24FN3O2S2/c1-2-3-17(25)20-11-14-12-22(18(23)24-14)13-4-5-16(15(19)10-13)21-6-8-26-9-7-21/h4-5,10,14H,2-3,6-9,11-12H2,1H3,(H,20,25)/t14-/m0/s1. The monoisotopic (exact) mass is 397 g/mol. The van der Waals surface area contributed by atoms with Crippen molar-refractivity contribution in [1.29, 1.82) is 0 Å². The van der Waals surface area contributed by atoms with Gasteiger partial charge in [0.2, 0.25) is 0 Å². The van der Waals surface area contributed by atoms with Gasteiger partial charge in [0.1, 0.15) is 11.9 Å². The molecule has 0 radical (unpaired) electrons. The van der Waals surface area contributed by atoms with Crippen LogP contribution in [0.1, 0.15) is 19.8 Å². The number of ether oxygens (including phenoxy) is 1. The van der Waals surface area contributed by atoms with Crippen molar-refractivity contribution in [3.05, 3.63) is 24.0 Å². The van der Waals surface area contributed by atoms with Crippen molar-refractivity contribution in [3.8, 4) is 0 Å². The number of anilines is 2. The molecule has 2 saturated heterocycles. The van der Waals surface area contributed by atoms with Gasteiger partial charge in [0, 0.05) is 24.6 Å². The maximum atomic E-state index is 14.6. The molecule has 3 rings (SSSR count). The highest BCUT2D eigenvalue weighted by Gasteiger charge is 2.32. The van der Waals surface area contributed by atoms with Gasteiger partial charge in [-0.3, -0.25) is 4.90 Å². The van der Waals surface area contributed by atoms with E-state index in [9.17, 15) is 9.18 Å². The van der Waals surface area contributed by atoms with Crippen LogP contribution < -0.4 is 15.1 Å². The summed E-state index contributed by atoms with van der Waals surface area (Å²) in [5, 5.41) is 3.13. The minimum atomic E-state index is -0.445. The van der Waals surface area contributed by atoms with Gasteiger partial charge in [-0.1, -0.05) is 19.1 Å². The Hall–Kier alpha value is -1.54. The lowest BCUT2D eigenvalue weighted by atomic mass is 10.2. The number of halogens is 1. The average molecular weight is 398 g/mol. The zero-order valence-electron chi connectivity index (χ0n) is 14.9. The normalized spacial score (nSPS) is 20.2. The molecule has 8 heteroatoms. The Balaban J connectivity index is 1.62. The summed E-state index contributed by atoms with van der Waals surface area (Å²) in [6.45, 7) is 4.62. The molecule has 2 heterocycles. The van der Waals surface area contributed by atoms with Crippen molar-refractivity contribution in [3.63, 3.8) is 0 Å². The second kappa shape index (κ2) is 8.90. The molecule has 1 atom stereocenters. The predicted molar refractivity (Wildman–Crippen MR) is 109 cm³/mol. The number of nitrogens with one attached hydrogen (secondary N) is 1. The first kappa shape index (κ1) is 19.2. The molecule has 26 heavy (non-hydrogen) atoms. The Bertz CT molecular complexity index is 668. The summed E-state index contributed by atoms with van der Waals surface area (Å²) in [6.07, 6.45) is 1.06. The zero-order valence-corrected chi connectivity index (χ0v) is 16.5. The number of thiocarbonyl (C=S) groups is 1. The molecule has 0 bridgehead atoms. The highest BCUT2D eigenvalue weighted by atomic mass is 32.2. The minimum absolute atomic E-state index is 0.292. The molecule has 142 valence electrons. The number of nitrogens with zero attached hydrogens (tertiary/aromatic N) is 2. The Kier molecular flexibility index (Phi) is 6.58. The van der Waals surface area contributed by atoms with E-state index in [1.165, 1.54) is 11.0 Å². The van der Waals surface area contributed by atoms with Gasteiger partial charge in [-0.25, -0.2) is 9.18 Å². The molecule has 1 aromatic carbocycles. The van der Waals surface area contributed by atoms with E-state index >= 15 is 0 Å². The van der Waals surface area contributed by atoms with Crippen LogP contribution in [0, 0.1) is 5.82 Å². The van der Waals surface area contributed by atoms with Crippen molar-refractivity contribution in [1.82, 2.24) is 5.32 Å². The summed E-state index contributed by atoms with van der Waals surface area (Å²) >= 11 is 7.10. The van der Waals surface area contributed by atoms with Gasteiger partial charge < -0.3 is 15.0 Å². The fourth-order valence-electron chi connectivity index (χ4n) is 3.11. The molecule has 0 saturated carbocycles. The molecule has 5 nitrogen and oxygen atoms in total. The maximum absolute atomic E-state index is 14.6. The van der Waals surface area contributed by atoms with Crippen LogP contribution in [0.5, 0.6) is 0 Å². The maximum Gasteiger partial charge on any atom is 0.414 e. The lowest BCUT2D eigenvalue weighted by Crippen LogP contribution is -2.34. The van der Waals surface area contributed by atoms with E-state index in [0.29, 0.717) is 24.5 Å². The van der Waals surface area contributed by atoms with Crippen LogP contribution in [-0.2, 0) is 4.74 Å². The van der Waals surface area contributed by atoms with E-state index in [1.807, 2.05) is 11.8 Å². The van der Waals surface area contributed by atoms with Crippen molar-refractivity contribution in [2.75, 3.05) is 47.5 Å². The smallest absolute Gasteiger partial charge is 0.414 e. The summed E-state index contributed by atoms with van der Waals surface area (Å²) in [4.78, 5) is 16.5. The molecule has 2 aliphatic heterocycles. The summed E-state index contributed by atoms with van der Waals surface area (Å²) < 4.78 is 20.0. The summed E-state index contributed by atoms with van der Waals surface area (Å²) in [6, 6.07) is 4.98. The predicted octanol–water partition coefficient (Wildman–Crippen LogP) is 3.42. The Morgan fingerprint density at radius 1 is 1.42 bits per heavy atom. The second-order valence-electron chi connectivity index (χ2n) is 6.41. The largest absolute Gasteiger partial charge is 0.442 e. The zero-order chi connectivity index (χ0) is 18.5. The van der Waals surface area contributed by atoms with Gasteiger partial charge in [-0.2, -0.15) is 11.8 Å². The molecule has 0 aromatic heterocycles. The van der Waals surface area contributed by atoms with Crippen LogP contribution in [0.25, 0.3) is 0 Å². The molecule has 1 aromatic rings. The Morgan fingerprint density at radius 3 is 2.88 bits per heavy atom. The van der Waals surface area contributed by atoms with E-state index in [-0.39, 0.29) is 11.9 Å². The van der Waals surface area contributed by atoms with E-state index in [4.69, 9.17) is 17.0 Å². The molecule has 2 aliphatic rings. The van der Waals surface area contributed by atoms with Gasteiger partial charge in [-0.05, 0) is 31.0 Å². The number of rotatable bonds is 6. The first-order valence-corrected chi connectivity index (χ1v) is 10.5. The first-order chi connectivity index (χ1) is 12.6. The molecule has 1 amide bonds. The second-order valence-corrected chi connectivity index (χ2v) is 8.12. The quantitative estimate of drug-likeness (QED) is 0.742. The van der Waals surface area contributed by atoms with E-state index in [2.05, 4.69) is 17.1 Å². The number of hydrogen-bond donors (Lipinski definition) is 1. The number of amides is 1. The third-order valence-electron chi connectivity index (χ3n) is 4.47. The lowest BCUT2D eigenvalue weighted by Gasteiger charge is -2.29. The van der Waals surface area contributed by atoms with Gasteiger partial charge in [0.25, 0.3) is 0 Å². The first-order valence-electron chi connectivity index (χ1n) is 8.95. The number of carbonyl (C=O) groups is 1. The van der Waals surface area contributed by atoms with Gasteiger partial charge in [0.15, 0.2) is 0 Å². The van der Waals surface area contributed by atoms with Crippen LogP contribution in [0.4, 0.5) is 20.6 Å². The Labute approximate surface area is 163 Å². The third-order valence-corrected chi connectivity index (χ3v) is 5.76. The fourth-order valence-corrected chi connectivity index (χ4v) is 4.30. The number of hydrogen-bond acceptors (Lipinski definition) is 5. The highest BCUT2D eigenvalue weighted by Crippen LogP contribution is 2.29. The Morgan fingerprint density at radius 2 is 2.19 bits per heavy atom. The van der Waals surface area contributed by atoms with Crippen LogP contribution in [0.15, 0.2) is 18.2 Å². The molecular formula is C18H24FN3O2S2. The van der Waals surface area contributed by atoms with Crippen LogP contribution in [-0.4, -0.2) is 54.9 Å². The molecule has 2 fully saturated rings. The van der Waals surface area contributed by atoms with Crippen LogP contribution in [0.3, 0.4) is 0 Å². The van der Waals surface area contributed by atoms with E-state index in [0.717, 1.165) is 42.4 Å². The number of benzene rings is 1. The lowest BCUT2D eigenvalue weighted by molar-refractivity contribution is 0.143. The number of carbonyl (C=O) groups excluding carboxylic acids is 1. The van der Waals surface area contributed by atoms with Gasteiger partial charge in [-0.15, -0.1) is 0 Å². The molecule has 0 unspecified atom stereocenters. The summed E-state index contributed by atoms with van der Waals surface area (Å²) in [5.41, 5.74) is 1.13. The minimum Gasteiger partial charge on any atom is -0.442 e. The topological polar surface area (TPSA) is 44.8 Å². The van der Waals surface area contributed by atoms with E-state index < -0.39 is 6.09 Å². The van der Waals surface area contributed by atoms with Crippen molar-refractivity contribution in [2.45, 2.75) is 25.9 Å². The summed E-state index contributed by atoms with van der Waals surface area (Å²) in [5.74, 6) is 1.72.